The smallest absolute Gasteiger partial charge is 0.134 e. The standard InChI is InChI=1S/C14H13ClFNO/c1-9-7-10(15)5-6-13(9)18-14-4-2-3-12(16)11(14)8-17/h2-7H,8,17H2,1H3. The highest BCUT2D eigenvalue weighted by atomic mass is 35.5. The molecule has 18 heavy (non-hydrogen) atoms. The molecule has 0 aliphatic heterocycles. The molecule has 0 amide bonds. The number of ether oxygens (including phenoxy) is 1. The predicted molar refractivity (Wildman–Crippen MR) is 70.6 cm³/mol. The van der Waals surface area contributed by atoms with Crippen LogP contribution in [0.3, 0.4) is 0 Å². The first-order valence-corrected chi connectivity index (χ1v) is 5.91. The van der Waals surface area contributed by atoms with E-state index < -0.39 is 0 Å². The summed E-state index contributed by atoms with van der Waals surface area (Å²) < 4.78 is 19.2. The molecular weight excluding hydrogens is 253 g/mol. The van der Waals surface area contributed by atoms with E-state index in [-0.39, 0.29) is 12.4 Å². The Labute approximate surface area is 110 Å². The molecule has 0 aromatic heterocycles. The van der Waals surface area contributed by atoms with Crippen LogP contribution in [0.1, 0.15) is 11.1 Å². The summed E-state index contributed by atoms with van der Waals surface area (Å²) >= 11 is 5.87. The van der Waals surface area contributed by atoms with Crippen LogP contribution in [0, 0.1) is 12.7 Å². The molecule has 0 unspecified atom stereocenters. The Kier molecular flexibility index (Phi) is 3.84. The molecule has 2 N–H and O–H groups in total. The van der Waals surface area contributed by atoms with Gasteiger partial charge in [-0.1, -0.05) is 17.7 Å². The second-order valence-electron chi connectivity index (χ2n) is 3.93. The third-order valence-electron chi connectivity index (χ3n) is 2.64. The van der Waals surface area contributed by atoms with E-state index in [4.69, 9.17) is 22.1 Å². The van der Waals surface area contributed by atoms with Crippen molar-refractivity contribution in [2.24, 2.45) is 5.73 Å². The maximum atomic E-state index is 13.5. The second-order valence-corrected chi connectivity index (χ2v) is 4.37. The number of hydrogen-bond donors (Lipinski definition) is 1. The SMILES string of the molecule is Cc1cc(Cl)ccc1Oc1cccc(F)c1CN. The van der Waals surface area contributed by atoms with Crippen molar-refractivity contribution >= 4 is 11.6 Å². The highest BCUT2D eigenvalue weighted by molar-refractivity contribution is 6.30. The van der Waals surface area contributed by atoms with Gasteiger partial charge in [-0.3, -0.25) is 0 Å². The first kappa shape index (κ1) is 12.9. The first-order valence-electron chi connectivity index (χ1n) is 5.53. The van der Waals surface area contributed by atoms with Crippen LogP contribution in [0.2, 0.25) is 5.02 Å². The van der Waals surface area contributed by atoms with Crippen LogP contribution in [-0.4, -0.2) is 0 Å². The van der Waals surface area contributed by atoms with Crippen molar-refractivity contribution in [2.75, 3.05) is 0 Å². The molecule has 0 atom stereocenters. The van der Waals surface area contributed by atoms with E-state index in [1.807, 2.05) is 6.92 Å². The van der Waals surface area contributed by atoms with Gasteiger partial charge in [0.25, 0.3) is 0 Å². The third kappa shape index (κ3) is 2.63. The van der Waals surface area contributed by atoms with Crippen molar-refractivity contribution in [1.29, 1.82) is 0 Å². The zero-order valence-electron chi connectivity index (χ0n) is 9.91. The van der Waals surface area contributed by atoms with Gasteiger partial charge in [-0.2, -0.15) is 0 Å². The fraction of sp³-hybridized carbons (Fsp3) is 0.143. The zero-order valence-corrected chi connectivity index (χ0v) is 10.7. The third-order valence-corrected chi connectivity index (χ3v) is 2.87. The van der Waals surface area contributed by atoms with Crippen molar-refractivity contribution in [1.82, 2.24) is 0 Å². The maximum absolute atomic E-state index is 13.5. The molecule has 0 aliphatic carbocycles. The van der Waals surface area contributed by atoms with Gasteiger partial charge in [0.1, 0.15) is 17.3 Å². The van der Waals surface area contributed by atoms with E-state index in [2.05, 4.69) is 0 Å². The number of nitrogens with two attached hydrogens (primary N) is 1. The van der Waals surface area contributed by atoms with Gasteiger partial charge in [-0.05, 0) is 42.8 Å². The fourth-order valence-electron chi connectivity index (χ4n) is 1.68. The van der Waals surface area contributed by atoms with Crippen LogP contribution in [0.25, 0.3) is 0 Å². The molecule has 4 heteroatoms. The van der Waals surface area contributed by atoms with Crippen LogP contribution in [0.15, 0.2) is 36.4 Å². The molecule has 2 aromatic carbocycles. The van der Waals surface area contributed by atoms with E-state index in [0.29, 0.717) is 22.1 Å². The first-order chi connectivity index (χ1) is 8.61. The van der Waals surface area contributed by atoms with Gasteiger partial charge in [0.2, 0.25) is 0 Å². The Hall–Kier alpha value is -1.58. The molecule has 94 valence electrons. The van der Waals surface area contributed by atoms with Gasteiger partial charge in [0, 0.05) is 17.1 Å². The summed E-state index contributed by atoms with van der Waals surface area (Å²) in [5, 5.41) is 0.637. The van der Waals surface area contributed by atoms with E-state index in [0.717, 1.165) is 5.56 Å². The monoisotopic (exact) mass is 265 g/mol. The van der Waals surface area contributed by atoms with E-state index in [9.17, 15) is 4.39 Å². The quantitative estimate of drug-likeness (QED) is 0.909. The van der Waals surface area contributed by atoms with Crippen LogP contribution in [0.5, 0.6) is 11.5 Å². The minimum atomic E-state index is -0.360. The lowest BCUT2D eigenvalue weighted by atomic mass is 10.2. The van der Waals surface area contributed by atoms with Crippen LogP contribution in [0.4, 0.5) is 4.39 Å². The summed E-state index contributed by atoms with van der Waals surface area (Å²) in [5.74, 6) is 0.712. The van der Waals surface area contributed by atoms with Crippen molar-refractivity contribution in [3.63, 3.8) is 0 Å². The Bertz CT molecular complexity index is 572. The Morgan fingerprint density at radius 1 is 1.22 bits per heavy atom. The maximum Gasteiger partial charge on any atom is 0.134 e. The molecule has 0 fully saturated rings. The minimum absolute atomic E-state index is 0.0919. The van der Waals surface area contributed by atoms with Crippen LogP contribution >= 0.6 is 11.6 Å². The molecule has 2 aromatic rings. The molecule has 0 bridgehead atoms. The van der Waals surface area contributed by atoms with Crippen LogP contribution < -0.4 is 10.5 Å². The van der Waals surface area contributed by atoms with Gasteiger partial charge in [-0.25, -0.2) is 4.39 Å². The highest BCUT2D eigenvalue weighted by Crippen LogP contribution is 2.30. The molecule has 0 aliphatic rings. The Morgan fingerprint density at radius 3 is 2.67 bits per heavy atom. The molecule has 2 nitrogen and oxygen atoms in total. The number of rotatable bonds is 3. The van der Waals surface area contributed by atoms with Crippen molar-refractivity contribution in [3.8, 4) is 11.5 Å². The zero-order chi connectivity index (χ0) is 13.1. The molecule has 0 heterocycles. The molecule has 2 rings (SSSR count). The normalized spacial score (nSPS) is 10.4. The number of hydrogen-bond acceptors (Lipinski definition) is 2. The number of halogens is 2. The lowest BCUT2D eigenvalue weighted by molar-refractivity contribution is 0.464. The van der Waals surface area contributed by atoms with Gasteiger partial charge in [0.15, 0.2) is 0 Å². The molecule has 0 saturated heterocycles. The average Bonchev–Trinajstić information content (AvgIpc) is 2.33. The van der Waals surface area contributed by atoms with Crippen molar-refractivity contribution < 1.29 is 9.13 Å². The summed E-state index contributed by atoms with van der Waals surface area (Å²) in [7, 11) is 0. The summed E-state index contributed by atoms with van der Waals surface area (Å²) in [6, 6.07) is 9.92. The largest absolute Gasteiger partial charge is 0.457 e. The summed E-state index contributed by atoms with van der Waals surface area (Å²) in [4.78, 5) is 0. The minimum Gasteiger partial charge on any atom is -0.457 e. The van der Waals surface area contributed by atoms with E-state index in [1.165, 1.54) is 6.07 Å². The Balaban J connectivity index is 2.37. The lowest BCUT2D eigenvalue weighted by Gasteiger charge is -2.12. The number of aryl methyl sites for hydroxylation is 1. The summed E-state index contributed by atoms with van der Waals surface area (Å²) in [6.45, 7) is 1.97. The van der Waals surface area contributed by atoms with Gasteiger partial charge in [0.05, 0.1) is 0 Å². The summed E-state index contributed by atoms with van der Waals surface area (Å²) in [5.41, 5.74) is 6.78. The number of benzene rings is 2. The van der Waals surface area contributed by atoms with Gasteiger partial charge >= 0.3 is 0 Å². The molecular formula is C14H13ClFNO. The van der Waals surface area contributed by atoms with Crippen LogP contribution in [-0.2, 0) is 6.54 Å². The highest BCUT2D eigenvalue weighted by Gasteiger charge is 2.10. The van der Waals surface area contributed by atoms with Gasteiger partial charge in [-0.15, -0.1) is 0 Å². The van der Waals surface area contributed by atoms with E-state index >= 15 is 0 Å². The van der Waals surface area contributed by atoms with Crippen molar-refractivity contribution in [3.05, 3.63) is 58.4 Å². The summed E-state index contributed by atoms with van der Waals surface area (Å²) in [6.07, 6.45) is 0. The predicted octanol–water partition coefficient (Wildman–Crippen LogP) is 4.04. The second kappa shape index (κ2) is 5.38. The van der Waals surface area contributed by atoms with Gasteiger partial charge < -0.3 is 10.5 Å². The molecule has 0 saturated carbocycles. The van der Waals surface area contributed by atoms with Crippen molar-refractivity contribution in [2.45, 2.75) is 13.5 Å². The lowest BCUT2D eigenvalue weighted by Crippen LogP contribution is -2.02. The fourth-order valence-corrected chi connectivity index (χ4v) is 1.91. The average molecular weight is 266 g/mol. The molecule has 0 spiro atoms. The van der Waals surface area contributed by atoms with E-state index in [1.54, 1.807) is 30.3 Å². The Morgan fingerprint density at radius 2 is 2.00 bits per heavy atom. The molecule has 0 radical (unpaired) electrons. The topological polar surface area (TPSA) is 35.2 Å².